The normalized spacial score (nSPS) is 16.1. The Morgan fingerprint density at radius 3 is 2.65 bits per heavy atom. The van der Waals surface area contributed by atoms with Crippen LogP contribution in [0.4, 0.5) is 11.4 Å². The van der Waals surface area contributed by atoms with E-state index < -0.39 is 22.0 Å². The van der Waals surface area contributed by atoms with Crippen LogP contribution in [0, 0.1) is 0 Å². The lowest BCUT2D eigenvalue weighted by Crippen LogP contribution is -2.36. The minimum atomic E-state index is -4.07. The number of anilines is 2. The van der Waals surface area contributed by atoms with Crippen molar-refractivity contribution in [1.82, 2.24) is 4.72 Å². The Bertz CT molecular complexity index is 988. The van der Waals surface area contributed by atoms with Crippen LogP contribution < -0.4 is 20.1 Å². The second-order valence-electron chi connectivity index (χ2n) is 5.64. The van der Waals surface area contributed by atoms with Gasteiger partial charge in [-0.2, -0.15) is 0 Å². The number of sulfonamides is 1. The minimum Gasteiger partial charge on any atom is -0.478 e. The van der Waals surface area contributed by atoms with Crippen LogP contribution in [0.5, 0.6) is 5.75 Å². The number of carbonyl (C=O) groups is 2. The van der Waals surface area contributed by atoms with E-state index in [4.69, 9.17) is 4.74 Å². The van der Waals surface area contributed by atoms with E-state index >= 15 is 0 Å². The molecule has 26 heavy (non-hydrogen) atoms. The second-order valence-corrected chi connectivity index (χ2v) is 7.33. The molecule has 2 aromatic carbocycles. The molecule has 1 aliphatic rings. The van der Waals surface area contributed by atoms with Crippen molar-refractivity contribution in [3.05, 3.63) is 48.0 Å². The predicted octanol–water partition coefficient (Wildman–Crippen LogP) is 1.57. The molecular formula is C17H17N3O5S. The third kappa shape index (κ3) is 3.33. The molecule has 0 bridgehead atoms. The molecule has 0 spiro atoms. The maximum absolute atomic E-state index is 12.5. The summed E-state index contributed by atoms with van der Waals surface area (Å²) in [6.07, 6.45) is -0.791. The molecule has 0 fully saturated rings. The average Bonchev–Trinajstić information content (AvgIpc) is 2.62. The fraction of sp³-hybridized carbons (Fsp3) is 0.176. The van der Waals surface area contributed by atoms with Gasteiger partial charge in [0.1, 0.15) is 0 Å². The number of fused-ring (bicyclic) bond motifs is 1. The third-order valence-corrected chi connectivity index (χ3v) is 5.17. The molecule has 1 unspecified atom stereocenters. The Morgan fingerprint density at radius 1 is 1.19 bits per heavy atom. The number of nitrogens with one attached hydrogen (secondary N) is 3. The molecule has 136 valence electrons. The van der Waals surface area contributed by atoms with Gasteiger partial charge in [-0.05, 0) is 37.3 Å². The molecule has 1 aliphatic heterocycles. The highest BCUT2D eigenvalue weighted by molar-refractivity contribution is 7.90. The molecule has 2 aromatic rings. The van der Waals surface area contributed by atoms with Gasteiger partial charge in [-0.3, -0.25) is 9.59 Å². The zero-order valence-electron chi connectivity index (χ0n) is 14.1. The van der Waals surface area contributed by atoms with E-state index in [1.807, 2.05) is 4.72 Å². The predicted molar refractivity (Wildman–Crippen MR) is 95.8 cm³/mol. The minimum absolute atomic E-state index is 0.0164. The van der Waals surface area contributed by atoms with E-state index in [0.717, 1.165) is 0 Å². The van der Waals surface area contributed by atoms with Crippen molar-refractivity contribution in [2.24, 2.45) is 0 Å². The molecule has 8 nitrogen and oxygen atoms in total. The number of hydrogen-bond donors (Lipinski definition) is 3. The number of benzene rings is 2. The van der Waals surface area contributed by atoms with Crippen LogP contribution in [0.15, 0.2) is 47.4 Å². The zero-order chi connectivity index (χ0) is 18.9. The molecule has 0 aromatic heterocycles. The van der Waals surface area contributed by atoms with Crippen molar-refractivity contribution in [2.45, 2.75) is 17.9 Å². The lowest BCUT2D eigenvalue weighted by molar-refractivity contribution is -0.122. The Morgan fingerprint density at radius 2 is 1.92 bits per heavy atom. The summed E-state index contributed by atoms with van der Waals surface area (Å²) in [5, 5.41) is 5.45. The molecule has 3 N–H and O–H groups in total. The summed E-state index contributed by atoms with van der Waals surface area (Å²) in [4.78, 5) is 24.2. The van der Waals surface area contributed by atoms with Crippen molar-refractivity contribution in [2.75, 3.05) is 17.7 Å². The summed E-state index contributed by atoms with van der Waals surface area (Å²) in [5.41, 5.74) is 0.926. The molecule has 0 aliphatic carbocycles. The summed E-state index contributed by atoms with van der Waals surface area (Å²) < 4.78 is 32.5. The van der Waals surface area contributed by atoms with Crippen LogP contribution in [-0.2, 0) is 14.8 Å². The lowest BCUT2D eigenvalue weighted by Gasteiger charge is -2.25. The van der Waals surface area contributed by atoms with E-state index in [1.54, 1.807) is 25.2 Å². The number of ether oxygens (including phenoxy) is 1. The van der Waals surface area contributed by atoms with Crippen molar-refractivity contribution >= 4 is 33.2 Å². The smallest absolute Gasteiger partial charge is 0.268 e. The number of amides is 2. The monoisotopic (exact) mass is 375 g/mol. The lowest BCUT2D eigenvalue weighted by atomic mass is 10.1. The Labute approximate surface area is 150 Å². The number of rotatable bonds is 4. The maximum atomic E-state index is 12.5. The number of para-hydroxylation sites is 1. The summed E-state index contributed by atoms with van der Waals surface area (Å²) in [5.74, 6) is -1.05. The first-order valence-corrected chi connectivity index (χ1v) is 9.25. The standard InChI is InChI=1S/C17H17N3O5S/c1-10-16(21)19-14-8-4-7-13(15(14)25-10)17(22)20-26(23,24)12-6-3-5-11(9-12)18-2/h3-10,18H,1-2H3,(H,19,21)(H,20,22). The summed E-state index contributed by atoms with van der Waals surface area (Å²) in [7, 11) is -2.41. The van der Waals surface area contributed by atoms with Crippen LogP contribution in [-0.4, -0.2) is 33.4 Å². The van der Waals surface area contributed by atoms with Gasteiger partial charge in [-0.25, -0.2) is 13.1 Å². The molecule has 1 heterocycles. The van der Waals surface area contributed by atoms with Gasteiger partial charge in [0, 0.05) is 12.7 Å². The average molecular weight is 375 g/mol. The second kappa shape index (κ2) is 6.68. The molecular weight excluding hydrogens is 358 g/mol. The SMILES string of the molecule is CNc1cccc(S(=O)(=O)NC(=O)c2cccc3c2OC(C)C(=O)N3)c1. The first-order valence-electron chi connectivity index (χ1n) is 7.77. The van der Waals surface area contributed by atoms with Crippen molar-refractivity contribution < 1.29 is 22.7 Å². The molecule has 9 heteroatoms. The summed E-state index contributed by atoms with van der Waals surface area (Å²) in [6, 6.07) is 10.6. The van der Waals surface area contributed by atoms with E-state index in [-0.39, 0.29) is 22.1 Å². The zero-order valence-corrected chi connectivity index (χ0v) is 14.9. The van der Waals surface area contributed by atoms with Crippen molar-refractivity contribution in [1.29, 1.82) is 0 Å². The molecule has 0 radical (unpaired) electrons. The van der Waals surface area contributed by atoms with Gasteiger partial charge < -0.3 is 15.4 Å². The molecule has 2 amide bonds. The molecule has 1 atom stereocenters. The van der Waals surface area contributed by atoms with Gasteiger partial charge in [0.25, 0.3) is 21.8 Å². The van der Waals surface area contributed by atoms with Crippen molar-refractivity contribution in [3.8, 4) is 5.75 Å². The van der Waals surface area contributed by atoms with Crippen LogP contribution in [0.25, 0.3) is 0 Å². The number of hydrogen-bond acceptors (Lipinski definition) is 6. The van der Waals surface area contributed by atoms with Gasteiger partial charge in [-0.15, -0.1) is 0 Å². The van der Waals surface area contributed by atoms with Gasteiger partial charge in [0.15, 0.2) is 11.9 Å². The molecule has 0 saturated carbocycles. The van der Waals surface area contributed by atoms with Gasteiger partial charge in [0.2, 0.25) is 0 Å². The van der Waals surface area contributed by atoms with E-state index in [0.29, 0.717) is 11.4 Å². The van der Waals surface area contributed by atoms with Gasteiger partial charge >= 0.3 is 0 Å². The summed E-state index contributed by atoms with van der Waals surface area (Å²) in [6.45, 7) is 1.53. The Balaban J connectivity index is 1.91. The fourth-order valence-corrected chi connectivity index (χ4v) is 3.47. The third-order valence-electron chi connectivity index (χ3n) is 3.84. The van der Waals surface area contributed by atoms with Crippen LogP contribution >= 0.6 is 0 Å². The first-order chi connectivity index (χ1) is 12.3. The van der Waals surface area contributed by atoms with Gasteiger partial charge in [0.05, 0.1) is 16.1 Å². The Kier molecular flexibility index (Phi) is 4.56. The highest BCUT2D eigenvalue weighted by Gasteiger charge is 2.29. The molecule has 0 saturated heterocycles. The largest absolute Gasteiger partial charge is 0.478 e. The van der Waals surface area contributed by atoms with E-state index in [2.05, 4.69) is 10.6 Å². The Hall–Kier alpha value is -3.07. The topological polar surface area (TPSA) is 114 Å². The van der Waals surface area contributed by atoms with Crippen LogP contribution in [0.1, 0.15) is 17.3 Å². The fourth-order valence-electron chi connectivity index (χ4n) is 2.46. The van der Waals surface area contributed by atoms with Crippen molar-refractivity contribution in [3.63, 3.8) is 0 Å². The molecule has 3 rings (SSSR count). The highest BCUT2D eigenvalue weighted by atomic mass is 32.2. The van der Waals surface area contributed by atoms with Crippen LogP contribution in [0.2, 0.25) is 0 Å². The first kappa shape index (κ1) is 17.7. The maximum Gasteiger partial charge on any atom is 0.268 e. The van der Waals surface area contributed by atoms with E-state index in [1.165, 1.54) is 31.2 Å². The summed E-state index contributed by atoms with van der Waals surface area (Å²) >= 11 is 0. The quantitative estimate of drug-likeness (QED) is 0.747. The van der Waals surface area contributed by atoms with Crippen LogP contribution in [0.3, 0.4) is 0 Å². The number of carbonyl (C=O) groups excluding carboxylic acids is 2. The highest BCUT2D eigenvalue weighted by Crippen LogP contribution is 2.33. The van der Waals surface area contributed by atoms with E-state index in [9.17, 15) is 18.0 Å². The van der Waals surface area contributed by atoms with Gasteiger partial charge in [-0.1, -0.05) is 12.1 Å².